The molecule has 0 unspecified atom stereocenters. The van der Waals surface area contributed by atoms with Crippen LogP contribution in [0.15, 0.2) is 46.3 Å². The molecule has 0 aliphatic carbocycles. The Kier molecular flexibility index (Phi) is 4.20. The first-order chi connectivity index (χ1) is 11.0. The van der Waals surface area contributed by atoms with E-state index in [9.17, 15) is 9.59 Å². The van der Waals surface area contributed by atoms with E-state index in [1.807, 2.05) is 43.3 Å². The third-order valence-corrected chi connectivity index (χ3v) is 4.37. The smallest absolute Gasteiger partial charge is 0.278 e. The van der Waals surface area contributed by atoms with Crippen molar-refractivity contribution in [3.8, 4) is 0 Å². The van der Waals surface area contributed by atoms with Gasteiger partial charge in [0, 0.05) is 18.4 Å². The topological polar surface area (TPSA) is 79.8 Å². The highest BCUT2D eigenvalue weighted by atomic mass is 32.2. The van der Waals surface area contributed by atoms with Gasteiger partial charge in [-0.3, -0.25) is 14.2 Å². The minimum atomic E-state index is -0.144. The lowest BCUT2D eigenvalue weighted by atomic mass is 10.3. The fourth-order valence-electron chi connectivity index (χ4n) is 2.24. The number of hydrogen-bond donors (Lipinski definition) is 2. The summed E-state index contributed by atoms with van der Waals surface area (Å²) in [5.41, 5.74) is 2.60. The predicted molar refractivity (Wildman–Crippen MR) is 91.9 cm³/mol. The lowest BCUT2D eigenvalue weighted by Crippen LogP contribution is -2.21. The van der Waals surface area contributed by atoms with Gasteiger partial charge in [-0.2, -0.15) is 0 Å². The van der Waals surface area contributed by atoms with Crippen LogP contribution in [0.25, 0.3) is 11.0 Å². The second-order valence-electron chi connectivity index (χ2n) is 5.17. The third-order valence-electron chi connectivity index (χ3n) is 3.34. The van der Waals surface area contributed by atoms with E-state index in [0.29, 0.717) is 16.2 Å². The maximum atomic E-state index is 12.3. The Bertz CT molecular complexity index is 915. The van der Waals surface area contributed by atoms with E-state index in [2.05, 4.69) is 15.3 Å². The Morgan fingerprint density at radius 1 is 1.35 bits per heavy atom. The predicted octanol–water partition coefficient (Wildman–Crippen LogP) is 2.30. The van der Waals surface area contributed by atoms with Crippen LogP contribution in [0.2, 0.25) is 0 Å². The second kappa shape index (κ2) is 6.29. The molecule has 0 fully saturated rings. The summed E-state index contributed by atoms with van der Waals surface area (Å²) in [6.07, 6.45) is 0. The minimum absolute atomic E-state index is 0.138. The van der Waals surface area contributed by atoms with Crippen LogP contribution in [0.3, 0.4) is 0 Å². The van der Waals surface area contributed by atoms with Crippen molar-refractivity contribution in [1.29, 1.82) is 0 Å². The van der Waals surface area contributed by atoms with Crippen LogP contribution >= 0.6 is 11.8 Å². The molecular weight excluding hydrogens is 312 g/mol. The summed E-state index contributed by atoms with van der Waals surface area (Å²) < 4.78 is 1.46. The van der Waals surface area contributed by atoms with E-state index in [-0.39, 0.29) is 17.2 Å². The number of benzene rings is 1. The molecule has 1 amide bonds. The molecule has 3 rings (SSSR count). The standard InChI is InChI=1S/C16H16N4O2S/c1-10-8-12-14(17-10)15(22)20(2)16(19-12)23-9-13(21)18-11-6-4-3-5-7-11/h3-8,17H,9H2,1-2H3,(H,18,21). The largest absolute Gasteiger partial charge is 0.353 e. The quantitative estimate of drug-likeness (QED) is 0.569. The zero-order valence-electron chi connectivity index (χ0n) is 12.8. The summed E-state index contributed by atoms with van der Waals surface area (Å²) in [5, 5.41) is 3.32. The van der Waals surface area contributed by atoms with E-state index in [4.69, 9.17) is 0 Å². The molecule has 0 saturated heterocycles. The number of H-pyrrole nitrogens is 1. The number of nitrogens with zero attached hydrogens (tertiary/aromatic N) is 2. The summed E-state index contributed by atoms with van der Waals surface area (Å²) in [5.74, 6) is 0.0465. The number of nitrogens with one attached hydrogen (secondary N) is 2. The number of aromatic amines is 1. The van der Waals surface area contributed by atoms with Crippen molar-refractivity contribution in [1.82, 2.24) is 14.5 Å². The van der Waals surface area contributed by atoms with Crippen LogP contribution in [0.1, 0.15) is 5.69 Å². The number of hydrogen-bond acceptors (Lipinski definition) is 4. The Morgan fingerprint density at radius 3 is 2.83 bits per heavy atom. The Morgan fingerprint density at radius 2 is 2.09 bits per heavy atom. The average molecular weight is 328 g/mol. The highest BCUT2D eigenvalue weighted by Crippen LogP contribution is 2.18. The minimum Gasteiger partial charge on any atom is -0.353 e. The van der Waals surface area contributed by atoms with Gasteiger partial charge in [-0.05, 0) is 25.1 Å². The van der Waals surface area contributed by atoms with Crippen molar-refractivity contribution in [2.45, 2.75) is 12.1 Å². The zero-order chi connectivity index (χ0) is 16.4. The molecule has 23 heavy (non-hydrogen) atoms. The molecule has 0 atom stereocenters. The maximum absolute atomic E-state index is 12.3. The number of rotatable bonds is 4. The first kappa shape index (κ1) is 15.4. The van der Waals surface area contributed by atoms with E-state index in [1.54, 1.807) is 7.05 Å². The number of carbonyl (C=O) groups excluding carboxylic acids is 1. The number of carbonyl (C=O) groups is 1. The number of aryl methyl sites for hydroxylation is 1. The first-order valence-electron chi connectivity index (χ1n) is 7.08. The van der Waals surface area contributed by atoms with E-state index < -0.39 is 0 Å². The normalized spacial score (nSPS) is 10.9. The highest BCUT2D eigenvalue weighted by Gasteiger charge is 2.12. The maximum Gasteiger partial charge on any atom is 0.278 e. The van der Waals surface area contributed by atoms with Gasteiger partial charge in [-0.25, -0.2) is 4.98 Å². The molecule has 118 valence electrons. The SMILES string of the molecule is Cc1cc2nc(SCC(=O)Nc3ccccc3)n(C)c(=O)c2[nH]1. The van der Waals surface area contributed by atoms with E-state index >= 15 is 0 Å². The number of para-hydroxylation sites is 1. The van der Waals surface area contributed by atoms with Gasteiger partial charge in [0.05, 0.1) is 11.3 Å². The van der Waals surface area contributed by atoms with Gasteiger partial charge in [-0.1, -0.05) is 30.0 Å². The lowest BCUT2D eigenvalue weighted by Gasteiger charge is -2.07. The number of thioether (sulfide) groups is 1. The van der Waals surface area contributed by atoms with Crippen LogP contribution in [0.5, 0.6) is 0 Å². The van der Waals surface area contributed by atoms with Crippen molar-refractivity contribution < 1.29 is 4.79 Å². The highest BCUT2D eigenvalue weighted by molar-refractivity contribution is 7.99. The van der Waals surface area contributed by atoms with Gasteiger partial charge in [0.1, 0.15) is 5.52 Å². The molecule has 2 aromatic heterocycles. The summed E-state index contributed by atoms with van der Waals surface area (Å²) in [6, 6.07) is 11.1. The molecule has 6 nitrogen and oxygen atoms in total. The summed E-state index contributed by atoms with van der Waals surface area (Å²) in [6.45, 7) is 1.88. The number of aromatic nitrogens is 3. The molecule has 3 aromatic rings. The first-order valence-corrected chi connectivity index (χ1v) is 8.07. The molecule has 0 aliphatic rings. The number of anilines is 1. The third kappa shape index (κ3) is 3.29. The van der Waals surface area contributed by atoms with E-state index in [0.717, 1.165) is 11.4 Å². The molecular formula is C16H16N4O2S. The summed E-state index contributed by atoms with van der Waals surface area (Å²) in [4.78, 5) is 31.7. The van der Waals surface area contributed by atoms with Gasteiger partial charge in [0.15, 0.2) is 5.16 Å². The van der Waals surface area contributed by atoms with Gasteiger partial charge in [0.25, 0.3) is 5.56 Å². The Labute approximate surface area is 136 Å². The molecule has 0 spiro atoms. The monoisotopic (exact) mass is 328 g/mol. The number of fused-ring (bicyclic) bond motifs is 1. The van der Waals surface area contributed by atoms with Crippen molar-refractivity contribution in [3.63, 3.8) is 0 Å². The van der Waals surface area contributed by atoms with Gasteiger partial charge >= 0.3 is 0 Å². The van der Waals surface area contributed by atoms with Crippen molar-refractivity contribution in [2.75, 3.05) is 11.1 Å². The zero-order valence-corrected chi connectivity index (χ0v) is 13.6. The summed E-state index contributed by atoms with van der Waals surface area (Å²) >= 11 is 1.24. The van der Waals surface area contributed by atoms with Crippen molar-refractivity contribution in [2.24, 2.45) is 7.05 Å². The van der Waals surface area contributed by atoms with Crippen molar-refractivity contribution >= 4 is 34.4 Å². The molecule has 7 heteroatoms. The molecule has 0 aliphatic heterocycles. The molecule has 0 saturated carbocycles. The fraction of sp³-hybridized carbons (Fsp3) is 0.188. The second-order valence-corrected chi connectivity index (χ2v) is 6.12. The Balaban J connectivity index is 1.75. The van der Waals surface area contributed by atoms with Crippen LogP contribution in [0, 0.1) is 6.92 Å². The fourth-order valence-corrected chi connectivity index (χ4v) is 3.01. The van der Waals surface area contributed by atoms with Crippen molar-refractivity contribution in [3.05, 3.63) is 52.4 Å². The van der Waals surface area contributed by atoms with E-state index in [1.165, 1.54) is 16.3 Å². The van der Waals surface area contributed by atoms with Crippen LogP contribution in [-0.2, 0) is 11.8 Å². The summed E-state index contributed by atoms with van der Waals surface area (Å²) in [7, 11) is 1.66. The van der Waals surface area contributed by atoms with Gasteiger partial charge in [-0.15, -0.1) is 0 Å². The molecule has 1 aromatic carbocycles. The average Bonchev–Trinajstić information content (AvgIpc) is 2.91. The molecule has 2 N–H and O–H groups in total. The van der Waals surface area contributed by atoms with Gasteiger partial charge in [0.2, 0.25) is 5.91 Å². The van der Waals surface area contributed by atoms with Crippen LogP contribution in [0.4, 0.5) is 5.69 Å². The molecule has 0 radical (unpaired) electrons. The lowest BCUT2D eigenvalue weighted by molar-refractivity contribution is -0.113. The number of amides is 1. The molecule has 0 bridgehead atoms. The van der Waals surface area contributed by atoms with Crippen LogP contribution < -0.4 is 10.9 Å². The molecule has 2 heterocycles. The Hall–Kier alpha value is -2.54. The van der Waals surface area contributed by atoms with Crippen LogP contribution in [-0.4, -0.2) is 26.2 Å². The van der Waals surface area contributed by atoms with Gasteiger partial charge < -0.3 is 10.3 Å².